The number of nitrogens with one attached hydrogen (secondary N) is 2. The Bertz CT molecular complexity index is 1100. The number of H-pyrrole nitrogens is 1. The second-order valence-electron chi connectivity index (χ2n) is 8.37. The van der Waals surface area contributed by atoms with E-state index in [4.69, 9.17) is 7.85 Å². The molecule has 0 saturated carbocycles. The number of aryl methyl sites for hydroxylation is 1. The zero-order valence-corrected chi connectivity index (χ0v) is 18.8. The van der Waals surface area contributed by atoms with E-state index in [1.54, 1.807) is 6.08 Å². The van der Waals surface area contributed by atoms with Gasteiger partial charge in [0, 0.05) is 42.3 Å². The summed E-state index contributed by atoms with van der Waals surface area (Å²) in [5.41, 5.74) is 4.45. The number of amides is 2. The lowest BCUT2D eigenvalue weighted by Gasteiger charge is -2.25. The third-order valence-electron chi connectivity index (χ3n) is 6.50. The molecule has 0 saturated heterocycles. The first kappa shape index (κ1) is 22.3. The number of nitrogens with zero attached hydrogens (tertiary/aromatic N) is 2. The maximum Gasteiger partial charge on any atom is 0.256 e. The van der Waals surface area contributed by atoms with Gasteiger partial charge in [0.05, 0.1) is 11.1 Å². The quantitative estimate of drug-likeness (QED) is 0.542. The zero-order chi connectivity index (χ0) is 23.0. The Morgan fingerprint density at radius 1 is 1.25 bits per heavy atom. The van der Waals surface area contributed by atoms with Gasteiger partial charge in [0.25, 0.3) is 11.8 Å². The van der Waals surface area contributed by atoms with Crippen LogP contribution in [0.25, 0.3) is 11.6 Å². The van der Waals surface area contributed by atoms with E-state index in [1.165, 1.54) is 12.1 Å². The molecule has 2 N–H and O–H groups in total. The van der Waals surface area contributed by atoms with Crippen molar-refractivity contribution in [2.24, 2.45) is 0 Å². The summed E-state index contributed by atoms with van der Waals surface area (Å²) in [5.74, 6) is -0.815. The molecular formula is C24H28BFN4O2. The highest BCUT2D eigenvalue weighted by molar-refractivity contribution is 6.43. The lowest BCUT2D eigenvalue weighted by atomic mass is 9.90. The molecule has 1 aromatic heterocycles. The van der Waals surface area contributed by atoms with Crippen LogP contribution in [0.4, 0.5) is 10.1 Å². The molecule has 6 nitrogen and oxygen atoms in total. The fraction of sp³-hybridized carbons (Fsp3) is 0.417. The van der Waals surface area contributed by atoms with Crippen molar-refractivity contribution in [1.29, 1.82) is 0 Å². The lowest BCUT2D eigenvalue weighted by Crippen LogP contribution is -2.38. The van der Waals surface area contributed by atoms with E-state index in [2.05, 4.69) is 29.0 Å². The van der Waals surface area contributed by atoms with Crippen molar-refractivity contribution in [3.63, 3.8) is 0 Å². The van der Waals surface area contributed by atoms with Crippen molar-refractivity contribution in [2.45, 2.75) is 33.6 Å². The van der Waals surface area contributed by atoms with Gasteiger partial charge in [0.15, 0.2) is 0 Å². The van der Waals surface area contributed by atoms with Gasteiger partial charge in [-0.25, -0.2) is 4.39 Å². The average Bonchev–Trinajstić information content (AvgIpc) is 3.18. The van der Waals surface area contributed by atoms with E-state index in [0.717, 1.165) is 50.3 Å². The Kier molecular flexibility index (Phi) is 6.24. The molecule has 8 heteroatoms. The molecule has 2 aliphatic rings. The number of aromatic amines is 1. The van der Waals surface area contributed by atoms with Gasteiger partial charge in [-0.3, -0.25) is 9.59 Å². The van der Waals surface area contributed by atoms with Crippen LogP contribution in [-0.4, -0.2) is 67.2 Å². The van der Waals surface area contributed by atoms with E-state index in [0.29, 0.717) is 34.6 Å². The summed E-state index contributed by atoms with van der Waals surface area (Å²) in [4.78, 5) is 33.5. The van der Waals surface area contributed by atoms with Gasteiger partial charge in [-0.2, -0.15) is 0 Å². The molecule has 0 atom stereocenters. The molecule has 1 aromatic carbocycles. The maximum atomic E-state index is 13.9. The van der Waals surface area contributed by atoms with Crippen molar-refractivity contribution < 1.29 is 14.0 Å². The average molecular weight is 434 g/mol. The van der Waals surface area contributed by atoms with Gasteiger partial charge in [0.1, 0.15) is 13.7 Å². The molecule has 4 rings (SSSR count). The molecular weight excluding hydrogens is 406 g/mol. The molecule has 2 aromatic rings. The first-order valence-electron chi connectivity index (χ1n) is 11.2. The highest BCUT2D eigenvalue weighted by Crippen LogP contribution is 2.34. The number of hydrogen-bond acceptors (Lipinski definition) is 3. The SMILES string of the molecule is [B]c1cc(F)cc2c1NC(=O)/C2=C\c1[nH]c2c(c1C)C(=O)N(CCN(CC)CC)CCC2. The second-order valence-corrected chi connectivity index (χ2v) is 8.37. The number of benzene rings is 1. The van der Waals surface area contributed by atoms with Gasteiger partial charge in [-0.05, 0) is 56.6 Å². The van der Waals surface area contributed by atoms with Gasteiger partial charge in [-0.15, -0.1) is 0 Å². The third kappa shape index (κ3) is 3.99. The van der Waals surface area contributed by atoms with Crippen LogP contribution in [0.3, 0.4) is 0 Å². The molecule has 0 unspecified atom stereocenters. The van der Waals surface area contributed by atoms with E-state index >= 15 is 0 Å². The number of carbonyl (C=O) groups excluding carboxylic acids is 2. The number of anilines is 1. The molecule has 0 spiro atoms. The van der Waals surface area contributed by atoms with Crippen molar-refractivity contribution in [3.05, 3.63) is 46.0 Å². The third-order valence-corrected chi connectivity index (χ3v) is 6.50. The van der Waals surface area contributed by atoms with Crippen LogP contribution in [0.1, 0.15) is 53.1 Å². The topological polar surface area (TPSA) is 68.4 Å². The Morgan fingerprint density at radius 3 is 2.72 bits per heavy atom. The standard InChI is InChI=1S/C24H28BFN4O2/c1-4-29(5-2)9-10-30-8-6-7-19-21(24(30)32)14(3)20(27-19)13-17-16-11-15(26)12-18(25)22(16)28-23(17)31/h11-13,27H,4-10H2,1-3H3,(H,28,31)/b17-13-. The Morgan fingerprint density at radius 2 is 2.00 bits per heavy atom. The predicted molar refractivity (Wildman–Crippen MR) is 126 cm³/mol. The van der Waals surface area contributed by atoms with Gasteiger partial charge in [0.2, 0.25) is 0 Å². The van der Waals surface area contributed by atoms with Crippen LogP contribution in [-0.2, 0) is 11.2 Å². The summed E-state index contributed by atoms with van der Waals surface area (Å²) in [5, 5.41) is 2.72. The summed E-state index contributed by atoms with van der Waals surface area (Å²) in [7, 11) is 5.88. The number of fused-ring (bicyclic) bond motifs is 2. The van der Waals surface area contributed by atoms with Crippen LogP contribution in [0, 0.1) is 12.7 Å². The Balaban J connectivity index is 1.67. The van der Waals surface area contributed by atoms with E-state index in [1.807, 2.05) is 11.8 Å². The fourth-order valence-corrected chi connectivity index (χ4v) is 4.59. The smallest absolute Gasteiger partial charge is 0.256 e. The normalized spacial score (nSPS) is 17.0. The molecule has 0 fully saturated rings. The molecule has 0 bridgehead atoms. The maximum absolute atomic E-state index is 13.9. The fourth-order valence-electron chi connectivity index (χ4n) is 4.59. The monoisotopic (exact) mass is 434 g/mol. The van der Waals surface area contributed by atoms with Gasteiger partial charge < -0.3 is 20.1 Å². The number of rotatable bonds is 6. The minimum atomic E-state index is -0.498. The summed E-state index contributed by atoms with van der Waals surface area (Å²) < 4.78 is 13.9. The largest absolute Gasteiger partial charge is 0.358 e. The number of halogens is 1. The molecule has 3 heterocycles. The molecule has 2 amide bonds. The summed E-state index contributed by atoms with van der Waals surface area (Å²) in [6, 6.07) is 2.49. The Hall–Kier alpha value is -2.87. The van der Waals surface area contributed by atoms with Crippen molar-refractivity contribution >= 4 is 42.5 Å². The molecule has 166 valence electrons. The zero-order valence-electron chi connectivity index (χ0n) is 18.8. The summed E-state index contributed by atoms with van der Waals surface area (Å²) in [6.07, 6.45) is 3.33. The van der Waals surface area contributed by atoms with Crippen LogP contribution in [0.15, 0.2) is 12.1 Å². The lowest BCUT2D eigenvalue weighted by molar-refractivity contribution is -0.110. The van der Waals surface area contributed by atoms with Crippen LogP contribution < -0.4 is 10.8 Å². The number of likely N-dealkylation sites (N-methyl/N-ethyl adjacent to an activating group) is 1. The van der Waals surface area contributed by atoms with E-state index in [9.17, 15) is 14.0 Å². The van der Waals surface area contributed by atoms with Crippen molar-refractivity contribution in [1.82, 2.24) is 14.8 Å². The van der Waals surface area contributed by atoms with E-state index < -0.39 is 5.82 Å². The molecule has 2 radical (unpaired) electrons. The molecule has 2 aliphatic heterocycles. The highest BCUT2D eigenvalue weighted by atomic mass is 19.1. The van der Waals surface area contributed by atoms with Crippen molar-refractivity contribution in [2.75, 3.05) is 38.0 Å². The first-order chi connectivity index (χ1) is 15.3. The summed E-state index contributed by atoms with van der Waals surface area (Å²) >= 11 is 0. The van der Waals surface area contributed by atoms with Crippen LogP contribution >= 0.6 is 0 Å². The number of carbonyl (C=O) groups is 2. The van der Waals surface area contributed by atoms with Crippen LogP contribution in [0.2, 0.25) is 0 Å². The highest BCUT2D eigenvalue weighted by Gasteiger charge is 2.30. The minimum absolute atomic E-state index is 0.0228. The second kappa shape index (κ2) is 8.94. The predicted octanol–water partition coefficient (Wildman–Crippen LogP) is 2.48. The first-order valence-corrected chi connectivity index (χ1v) is 11.2. The number of aromatic nitrogens is 1. The van der Waals surface area contributed by atoms with Crippen molar-refractivity contribution in [3.8, 4) is 0 Å². The van der Waals surface area contributed by atoms with Gasteiger partial charge >= 0.3 is 0 Å². The minimum Gasteiger partial charge on any atom is -0.358 e. The molecule has 32 heavy (non-hydrogen) atoms. The molecule has 0 aliphatic carbocycles. The van der Waals surface area contributed by atoms with Gasteiger partial charge in [-0.1, -0.05) is 19.3 Å². The Labute approximate surface area is 189 Å². The van der Waals surface area contributed by atoms with E-state index in [-0.39, 0.29) is 17.3 Å². The summed E-state index contributed by atoms with van der Waals surface area (Å²) in [6.45, 7) is 10.3. The number of hydrogen-bond donors (Lipinski definition) is 2. The van der Waals surface area contributed by atoms with Crippen LogP contribution in [0.5, 0.6) is 0 Å².